The summed E-state index contributed by atoms with van der Waals surface area (Å²) in [5.41, 5.74) is 10.2. The summed E-state index contributed by atoms with van der Waals surface area (Å²) in [6.07, 6.45) is 3.38. The molecule has 3 aromatic rings. The van der Waals surface area contributed by atoms with Crippen molar-refractivity contribution in [1.82, 2.24) is 15.0 Å². The van der Waals surface area contributed by atoms with E-state index in [4.69, 9.17) is 5.73 Å². The molecule has 0 atom stereocenters. The van der Waals surface area contributed by atoms with Gasteiger partial charge < -0.3 is 5.73 Å². The lowest BCUT2D eigenvalue weighted by atomic mass is 10.0. The number of hydrogen-bond acceptors (Lipinski definition) is 4. The fourth-order valence-corrected chi connectivity index (χ4v) is 2.46. The lowest BCUT2D eigenvalue weighted by Gasteiger charge is -2.11. The molecule has 0 bridgehead atoms. The van der Waals surface area contributed by atoms with Crippen LogP contribution in [0, 0.1) is 6.92 Å². The van der Waals surface area contributed by atoms with Crippen molar-refractivity contribution in [3.8, 4) is 0 Å². The number of anilines is 1. The zero-order valence-electron chi connectivity index (χ0n) is 12.3. The molecular weight excluding hydrogens is 260 g/mol. The third kappa shape index (κ3) is 2.57. The van der Waals surface area contributed by atoms with Crippen molar-refractivity contribution in [1.29, 1.82) is 0 Å². The summed E-state index contributed by atoms with van der Waals surface area (Å²) in [6, 6.07) is 10.2. The van der Waals surface area contributed by atoms with E-state index in [9.17, 15) is 0 Å². The fraction of sp³-hybridized carbons (Fsp3) is 0.235. The van der Waals surface area contributed by atoms with Gasteiger partial charge in [-0.2, -0.15) is 0 Å². The molecule has 2 N–H and O–H groups in total. The summed E-state index contributed by atoms with van der Waals surface area (Å²) in [5, 5.41) is 1.16. The van der Waals surface area contributed by atoms with Crippen molar-refractivity contribution < 1.29 is 0 Å². The molecule has 0 saturated carbocycles. The van der Waals surface area contributed by atoms with Gasteiger partial charge in [-0.1, -0.05) is 25.1 Å². The Morgan fingerprint density at radius 3 is 2.71 bits per heavy atom. The number of nitrogen functional groups attached to an aromatic ring is 1. The monoisotopic (exact) mass is 278 g/mol. The van der Waals surface area contributed by atoms with Gasteiger partial charge in [0.25, 0.3) is 0 Å². The standard InChI is InChI=1S/C17H18N4/c1-3-16-20-15(11(2)17(18)21-16)10-12-8-9-19-14-7-5-4-6-13(12)14/h4-9H,3,10H2,1-2H3,(H2,18,20,21). The first-order valence-electron chi connectivity index (χ1n) is 7.13. The summed E-state index contributed by atoms with van der Waals surface area (Å²) < 4.78 is 0. The lowest BCUT2D eigenvalue weighted by Crippen LogP contribution is -2.07. The Labute approximate surface area is 124 Å². The van der Waals surface area contributed by atoms with E-state index in [1.807, 2.05) is 44.3 Å². The third-order valence-electron chi connectivity index (χ3n) is 3.74. The van der Waals surface area contributed by atoms with Gasteiger partial charge in [-0.3, -0.25) is 4.98 Å². The molecule has 21 heavy (non-hydrogen) atoms. The van der Waals surface area contributed by atoms with Gasteiger partial charge in [0.05, 0.1) is 11.2 Å². The summed E-state index contributed by atoms with van der Waals surface area (Å²) in [4.78, 5) is 13.4. The maximum atomic E-state index is 6.00. The van der Waals surface area contributed by atoms with Gasteiger partial charge in [-0.15, -0.1) is 0 Å². The van der Waals surface area contributed by atoms with Crippen LogP contribution in [0.1, 0.15) is 29.6 Å². The van der Waals surface area contributed by atoms with Crippen molar-refractivity contribution in [2.24, 2.45) is 0 Å². The molecule has 2 heterocycles. The Morgan fingerprint density at radius 1 is 1.10 bits per heavy atom. The van der Waals surface area contributed by atoms with Crippen LogP contribution in [0.15, 0.2) is 36.5 Å². The second kappa shape index (κ2) is 5.48. The summed E-state index contributed by atoms with van der Waals surface area (Å²) in [7, 11) is 0. The van der Waals surface area contributed by atoms with E-state index < -0.39 is 0 Å². The highest BCUT2D eigenvalue weighted by atomic mass is 14.9. The maximum absolute atomic E-state index is 6.00. The number of nitrogens with zero attached hydrogens (tertiary/aromatic N) is 3. The van der Waals surface area contributed by atoms with E-state index in [0.717, 1.165) is 40.8 Å². The first kappa shape index (κ1) is 13.5. The summed E-state index contributed by atoms with van der Waals surface area (Å²) >= 11 is 0. The molecule has 0 spiro atoms. The molecule has 0 aliphatic heterocycles. The minimum absolute atomic E-state index is 0.579. The van der Waals surface area contributed by atoms with Crippen LogP contribution in [0.5, 0.6) is 0 Å². The van der Waals surface area contributed by atoms with Crippen molar-refractivity contribution in [2.45, 2.75) is 26.7 Å². The van der Waals surface area contributed by atoms with Crippen LogP contribution < -0.4 is 5.73 Å². The zero-order chi connectivity index (χ0) is 14.8. The molecule has 0 aliphatic rings. The van der Waals surface area contributed by atoms with Crippen LogP contribution in [0.4, 0.5) is 5.82 Å². The van der Waals surface area contributed by atoms with E-state index in [1.165, 1.54) is 5.56 Å². The minimum Gasteiger partial charge on any atom is -0.383 e. The number of aromatic nitrogens is 3. The molecule has 0 saturated heterocycles. The van der Waals surface area contributed by atoms with Crippen LogP contribution in [0.3, 0.4) is 0 Å². The number of aryl methyl sites for hydroxylation is 1. The van der Waals surface area contributed by atoms with E-state index in [1.54, 1.807) is 0 Å². The SMILES string of the molecule is CCc1nc(N)c(C)c(Cc2ccnc3ccccc23)n1. The quantitative estimate of drug-likeness (QED) is 0.799. The maximum Gasteiger partial charge on any atom is 0.130 e. The van der Waals surface area contributed by atoms with Gasteiger partial charge in [-0.25, -0.2) is 9.97 Å². The van der Waals surface area contributed by atoms with E-state index in [2.05, 4.69) is 21.0 Å². The van der Waals surface area contributed by atoms with Crippen molar-refractivity contribution >= 4 is 16.7 Å². The molecule has 2 aromatic heterocycles. The number of benzene rings is 1. The lowest BCUT2D eigenvalue weighted by molar-refractivity contribution is 0.890. The molecule has 4 heteroatoms. The Kier molecular flexibility index (Phi) is 3.52. The third-order valence-corrected chi connectivity index (χ3v) is 3.74. The molecule has 0 amide bonds. The predicted molar refractivity (Wildman–Crippen MR) is 85.1 cm³/mol. The van der Waals surface area contributed by atoms with Crippen LogP contribution >= 0.6 is 0 Å². The van der Waals surface area contributed by atoms with Crippen LogP contribution in [0.25, 0.3) is 10.9 Å². The zero-order valence-corrected chi connectivity index (χ0v) is 12.3. The van der Waals surface area contributed by atoms with Gasteiger partial charge in [0, 0.05) is 30.0 Å². The normalized spacial score (nSPS) is 11.0. The molecule has 106 valence electrons. The fourth-order valence-electron chi connectivity index (χ4n) is 2.46. The Morgan fingerprint density at radius 2 is 1.90 bits per heavy atom. The molecule has 0 fully saturated rings. The molecule has 0 unspecified atom stereocenters. The average Bonchev–Trinajstić information content (AvgIpc) is 2.52. The van der Waals surface area contributed by atoms with Gasteiger partial charge in [0.1, 0.15) is 11.6 Å². The van der Waals surface area contributed by atoms with Gasteiger partial charge in [0.2, 0.25) is 0 Å². The number of rotatable bonds is 3. The second-order valence-corrected chi connectivity index (χ2v) is 5.11. The Hall–Kier alpha value is -2.49. The number of nitrogens with two attached hydrogens (primary N) is 1. The number of fused-ring (bicyclic) bond motifs is 1. The predicted octanol–water partition coefficient (Wildman–Crippen LogP) is 3.07. The summed E-state index contributed by atoms with van der Waals surface area (Å²) in [5.74, 6) is 1.38. The first-order valence-corrected chi connectivity index (χ1v) is 7.13. The van der Waals surface area contributed by atoms with Gasteiger partial charge in [-0.05, 0) is 24.6 Å². The number of para-hydroxylation sites is 1. The van der Waals surface area contributed by atoms with Crippen LogP contribution in [-0.2, 0) is 12.8 Å². The number of pyridine rings is 1. The van der Waals surface area contributed by atoms with Crippen molar-refractivity contribution in [2.75, 3.05) is 5.73 Å². The van der Waals surface area contributed by atoms with Crippen LogP contribution in [0.2, 0.25) is 0 Å². The average molecular weight is 278 g/mol. The van der Waals surface area contributed by atoms with Crippen molar-refractivity contribution in [3.63, 3.8) is 0 Å². The smallest absolute Gasteiger partial charge is 0.130 e. The van der Waals surface area contributed by atoms with E-state index in [-0.39, 0.29) is 0 Å². The Bertz CT molecular complexity index is 791. The van der Waals surface area contributed by atoms with Gasteiger partial charge in [0.15, 0.2) is 0 Å². The van der Waals surface area contributed by atoms with E-state index >= 15 is 0 Å². The molecule has 3 rings (SSSR count). The molecular formula is C17H18N4. The highest BCUT2D eigenvalue weighted by Crippen LogP contribution is 2.21. The van der Waals surface area contributed by atoms with E-state index in [0.29, 0.717) is 5.82 Å². The van der Waals surface area contributed by atoms with Crippen molar-refractivity contribution in [3.05, 3.63) is 59.2 Å². The molecule has 0 radical (unpaired) electrons. The molecule has 1 aromatic carbocycles. The topological polar surface area (TPSA) is 64.7 Å². The van der Waals surface area contributed by atoms with Crippen LogP contribution in [-0.4, -0.2) is 15.0 Å². The highest BCUT2D eigenvalue weighted by Gasteiger charge is 2.10. The highest BCUT2D eigenvalue weighted by molar-refractivity contribution is 5.82. The molecule has 0 aliphatic carbocycles. The number of hydrogen-bond donors (Lipinski definition) is 1. The molecule has 4 nitrogen and oxygen atoms in total. The largest absolute Gasteiger partial charge is 0.383 e. The Balaban J connectivity index is 2.09. The summed E-state index contributed by atoms with van der Waals surface area (Å²) in [6.45, 7) is 4.02. The van der Waals surface area contributed by atoms with Gasteiger partial charge >= 0.3 is 0 Å². The minimum atomic E-state index is 0.579. The second-order valence-electron chi connectivity index (χ2n) is 5.11. The first-order chi connectivity index (χ1) is 10.2.